The van der Waals surface area contributed by atoms with E-state index in [4.69, 9.17) is 5.10 Å². The number of hydrazone groups is 1. The van der Waals surface area contributed by atoms with Gasteiger partial charge in [0.05, 0.1) is 17.4 Å². The number of anilines is 2. The molecule has 0 spiro atoms. The van der Waals surface area contributed by atoms with Crippen LogP contribution >= 0.6 is 0 Å². The summed E-state index contributed by atoms with van der Waals surface area (Å²) < 4.78 is 0. The number of nitrogens with zero attached hydrogens (tertiary/aromatic N) is 3. The molecule has 41 heavy (non-hydrogen) atoms. The number of nitrogens with one attached hydrogen (secondary N) is 3. The molecular formula is C35H30N6. The lowest BCUT2D eigenvalue weighted by Crippen LogP contribution is -2.09. The third-order valence-corrected chi connectivity index (χ3v) is 7.91. The van der Waals surface area contributed by atoms with Gasteiger partial charge in [0.15, 0.2) is 5.82 Å². The molecule has 0 saturated heterocycles. The summed E-state index contributed by atoms with van der Waals surface area (Å²) in [5, 5.41) is 18.6. The first-order chi connectivity index (χ1) is 20.1. The number of aromatic amines is 1. The van der Waals surface area contributed by atoms with Gasteiger partial charge in [0.25, 0.3) is 0 Å². The summed E-state index contributed by atoms with van der Waals surface area (Å²) in [6.07, 6.45) is 2.90. The Balaban J connectivity index is 1.20. The molecular weight excluding hydrogens is 504 g/mol. The normalized spacial score (nSPS) is 14.6. The predicted molar refractivity (Wildman–Crippen MR) is 167 cm³/mol. The number of para-hydroxylation sites is 1. The first kappa shape index (κ1) is 24.8. The van der Waals surface area contributed by atoms with E-state index >= 15 is 0 Å². The van der Waals surface area contributed by atoms with Crippen LogP contribution in [0.5, 0.6) is 0 Å². The van der Waals surface area contributed by atoms with E-state index < -0.39 is 0 Å². The van der Waals surface area contributed by atoms with E-state index in [1.165, 1.54) is 16.7 Å². The van der Waals surface area contributed by atoms with Gasteiger partial charge in [-0.3, -0.25) is 0 Å². The van der Waals surface area contributed by atoms with E-state index in [0.717, 1.165) is 56.7 Å². The summed E-state index contributed by atoms with van der Waals surface area (Å²) in [4.78, 5) is 3.41. The van der Waals surface area contributed by atoms with Gasteiger partial charge in [0.1, 0.15) is 0 Å². The zero-order chi connectivity index (χ0) is 27.8. The van der Waals surface area contributed by atoms with Crippen LogP contribution in [0.25, 0.3) is 33.3 Å². The Kier molecular flexibility index (Phi) is 6.28. The second-order valence-corrected chi connectivity index (χ2v) is 10.6. The summed E-state index contributed by atoms with van der Waals surface area (Å²) in [6.45, 7) is 4.25. The van der Waals surface area contributed by atoms with Crippen LogP contribution in [-0.2, 0) is 0 Å². The number of aromatic nitrogens is 3. The summed E-state index contributed by atoms with van der Waals surface area (Å²) >= 11 is 0. The molecule has 0 bridgehead atoms. The molecule has 6 nitrogen and oxygen atoms in total. The van der Waals surface area contributed by atoms with E-state index in [2.05, 4.69) is 137 Å². The first-order valence-corrected chi connectivity index (χ1v) is 13.9. The van der Waals surface area contributed by atoms with Crippen molar-refractivity contribution in [2.24, 2.45) is 5.10 Å². The van der Waals surface area contributed by atoms with Gasteiger partial charge >= 0.3 is 0 Å². The number of fused-ring (bicyclic) bond motifs is 1. The lowest BCUT2D eigenvalue weighted by Gasteiger charge is -2.13. The van der Waals surface area contributed by atoms with Gasteiger partial charge in [-0.15, -0.1) is 10.2 Å². The van der Waals surface area contributed by atoms with Crippen molar-refractivity contribution in [1.82, 2.24) is 20.6 Å². The second-order valence-electron chi connectivity index (χ2n) is 10.6. The van der Waals surface area contributed by atoms with Crippen molar-refractivity contribution in [3.63, 3.8) is 0 Å². The van der Waals surface area contributed by atoms with Gasteiger partial charge in [-0.2, -0.15) is 5.10 Å². The fourth-order valence-corrected chi connectivity index (χ4v) is 5.41. The molecule has 1 aliphatic heterocycles. The predicted octanol–water partition coefficient (Wildman–Crippen LogP) is 8.09. The molecule has 1 atom stereocenters. The first-order valence-electron chi connectivity index (χ1n) is 13.9. The van der Waals surface area contributed by atoms with Crippen molar-refractivity contribution in [1.29, 1.82) is 0 Å². The summed E-state index contributed by atoms with van der Waals surface area (Å²) in [7, 11) is 0. The average Bonchev–Trinajstić information content (AvgIpc) is 3.68. The highest BCUT2D eigenvalue weighted by Crippen LogP contribution is 2.36. The lowest BCUT2D eigenvalue weighted by molar-refractivity contribution is 0.620. The maximum atomic E-state index is 4.70. The van der Waals surface area contributed by atoms with E-state index in [9.17, 15) is 0 Å². The molecule has 0 saturated carbocycles. The standard InChI is InChI=1S/C35H30N6/c1-22-12-13-26(18-23(22)2)32-19-29(30-21-36-31-11-7-6-10-28(30)31)35(41-40-32)37-27-16-14-25(15-17-27)34-20-33(38-39-34)24-8-4-3-5-9-24/h3-19,21,33,36,38H,20H2,1-2H3,(H,37,41). The van der Waals surface area contributed by atoms with Crippen LogP contribution in [0, 0.1) is 13.8 Å². The summed E-state index contributed by atoms with van der Waals surface area (Å²) in [6, 6.07) is 35.9. The molecule has 2 aromatic heterocycles. The maximum Gasteiger partial charge on any atom is 0.161 e. The zero-order valence-corrected chi connectivity index (χ0v) is 23.0. The van der Waals surface area contributed by atoms with E-state index in [1.54, 1.807) is 0 Å². The molecule has 7 rings (SSSR count). The van der Waals surface area contributed by atoms with Crippen LogP contribution in [0.1, 0.15) is 34.7 Å². The highest BCUT2D eigenvalue weighted by atomic mass is 15.3. The Morgan fingerprint density at radius 2 is 1.51 bits per heavy atom. The Labute approximate surface area is 239 Å². The van der Waals surface area contributed by atoms with Crippen LogP contribution in [-0.4, -0.2) is 20.9 Å². The van der Waals surface area contributed by atoms with Gasteiger partial charge in [0, 0.05) is 45.9 Å². The number of hydrogen-bond donors (Lipinski definition) is 3. The fraction of sp³-hybridized carbons (Fsp3) is 0.114. The van der Waals surface area contributed by atoms with E-state index in [1.807, 2.05) is 12.1 Å². The number of rotatable bonds is 6. The minimum Gasteiger partial charge on any atom is -0.361 e. The molecule has 0 fully saturated rings. The van der Waals surface area contributed by atoms with E-state index in [-0.39, 0.29) is 6.04 Å². The second kappa shape index (κ2) is 10.4. The highest BCUT2D eigenvalue weighted by Gasteiger charge is 2.21. The number of benzene rings is 4. The average molecular weight is 535 g/mol. The van der Waals surface area contributed by atoms with Gasteiger partial charge in [-0.25, -0.2) is 0 Å². The smallest absolute Gasteiger partial charge is 0.161 e. The number of aryl methyl sites for hydroxylation is 2. The number of H-pyrrole nitrogens is 1. The third kappa shape index (κ3) is 4.85. The molecule has 0 amide bonds. The Morgan fingerprint density at radius 1 is 0.732 bits per heavy atom. The molecule has 6 heteroatoms. The molecule has 6 aromatic rings. The molecule has 0 aliphatic carbocycles. The molecule has 4 aromatic carbocycles. The molecule has 3 heterocycles. The van der Waals surface area contributed by atoms with Crippen molar-refractivity contribution in [2.75, 3.05) is 5.32 Å². The van der Waals surface area contributed by atoms with Crippen molar-refractivity contribution in [3.05, 3.63) is 132 Å². The van der Waals surface area contributed by atoms with Gasteiger partial charge in [0.2, 0.25) is 0 Å². The van der Waals surface area contributed by atoms with Crippen molar-refractivity contribution in [3.8, 4) is 22.4 Å². The minimum atomic E-state index is 0.203. The Morgan fingerprint density at radius 3 is 2.34 bits per heavy atom. The fourth-order valence-electron chi connectivity index (χ4n) is 5.41. The van der Waals surface area contributed by atoms with Gasteiger partial charge in [-0.1, -0.05) is 72.8 Å². The maximum absolute atomic E-state index is 4.70. The number of hydrogen-bond acceptors (Lipinski definition) is 5. The summed E-state index contributed by atoms with van der Waals surface area (Å²) in [5.41, 5.74) is 15.2. The van der Waals surface area contributed by atoms with Crippen LogP contribution < -0.4 is 10.7 Å². The molecule has 0 radical (unpaired) electrons. The Bertz CT molecular complexity index is 1890. The monoisotopic (exact) mass is 534 g/mol. The van der Waals surface area contributed by atoms with Crippen LogP contribution in [0.4, 0.5) is 11.5 Å². The third-order valence-electron chi connectivity index (χ3n) is 7.91. The highest BCUT2D eigenvalue weighted by molar-refractivity contribution is 6.02. The lowest BCUT2D eigenvalue weighted by atomic mass is 9.99. The molecule has 200 valence electrons. The van der Waals surface area contributed by atoms with Crippen LogP contribution in [0.15, 0.2) is 114 Å². The van der Waals surface area contributed by atoms with Crippen molar-refractivity contribution in [2.45, 2.75) is 26.3 Å². The quantitative estimate of drug-likeness (QED) is 0.202. The largest absolute Gasteiger partial charge is 0.361 e. The minimum absolute atomic E-state index is 0.203. The molecule has 1 unspecified atom stereocenters. The summed E-state index contributed by atoms with van der Waals surface area (Å²) in [5.74, 6) is 0.708. The van der Waals surface area contributed by atoms with E-state index in [0.29, 0.717) is 5.82 Å². The van der Waals surface area contributed by atoms with Gasteiger partial charge < -0.3 is 15.7 Å². The molecule has 1 aliphatic rings. The van der Waals surface area contributed by atoms with Gasteiger partial charge in [-0.05, 0) is 66.4 Å². The zero-order valence-electron chi connectivity index (χ0n) is 23.0. The molecule has 3 N–H and O–H groups in total. The van der Waals surface area contributed by atoms with Crippen molar-refractivity contribution >= 4 is 28.1 Å². The SMILES string of the molecule is Cc1ccc(-c2cc(-c3c[nH]c4ccccc34)c(Nc3ccc(C4=NNC(c5ccccc5)C4)cc3)nn2)cc1C. The van der Waals surface area contributed by atoms with Crippen LogP contribution in [0.2, 0.25) is 0 Å². The van der Waals surface area contributed by atoms with Crippen molar-refractivity contribution < 1.29 is 0 Å². The Hall–Kier alpha value is -5.23. The van der Waals surface area contributed by atoms with Crippen LogP contribution in [0.3, 0.4) is 0 Å². The topological polar surface area (TPSA) is 78.0 Å².